The first-order valence-electron chi connectivity index (χ1n) is 9.43. The Kier molecular flexibility index (Phi) is 4.46. The fraction of sp³-hybridized carbons (Fsp3) is 0.524. The second kappa shape index (κ2) is 6.75. The Morgan fingerprint density at radius 2 is 2.08 bits per heavy atom. The van der Waals surface area contributed by atoms with Crippen LogP contribution in [0.3, 0.4) is 0 Å². The number of fused-ring (bicyclic) bond motifs is 1. The molecule has 4 heteroatoms. The Bertz CT molecular complexity index is 767. The van der Waals surface area contributed by atoms with Crippen molar-refractivity contribution in [2.24, 2.45) is 0 Å². The molecule has 0 unspecified atom stereocenters. The van der Waals surface area contributed by atoms with Gasteiger partial charge >= 0.3 is 0 Å². The molecule has 0 radical (unpaired) electrons. The third-order valence-electron chi connectivity index (χ3n) is 5.68. The van der Waals surface area contributed by atoms with Crippen LogP contribution in [0, 0.1) is 0 Å². The molecule has 2 atom stereocenters. The van der Waals surface area contributed by atoms with E-state index in [1.54, 1.807) is 6.92 Å². The third-order valence-corrected chi connectivity index (χ3v) is 5.68. The number of rotatable bonds is 2. The van der Waals surface area contributed by atoms with E-state index >= 15 is 0 Å². The number of amides is 1. The zero-order chi connectivity index (χ0) is 17.3. The van der Waals surface area contributed by atoms with Crippen LogP contribution < -0.4 is 5.32 Å². The standard InChI is InChI=1S/C21H26N2O2/c1-15(24)23-18-13-20(25-21(14-18)9-3-2-4-10-21)17-7-8-19-16(12-17)6-5-11-22-19/h5-8,11-12,18,20H,2-4,9-10,13-14H2,1H3,(H,23,24)/t18-,20-/m1/s1. The monoisotopic (exact) mass is 338 g/mol. The number of hydrogen-bond donors (Lipinski definition) is 1. The molecule has 4 rings (SSSR count). The normalized spacial score (nSPS) is 25.8. The second-order valence-corrected chi connectivity index (χ2v) is 7.64. The smallest absolute Gasteiger partial charge is 0.217 e. The first-order valence-corrected chi connectivity index (χ1v) is 9.43. The number of pyridine rings is 1. The SMILES string of the molecule is CC(=O)N[C@@H]1C[C@H](c2ccc3ncccc3c2)OC2(CCCCC2)C1. The molecule has 1 aromatic carbocycles. The molecule has 1 saturated heterocycles. The zero-order valence-electron chi connectivity index (χ0n) is 14.8. The van der Waals surface area contributed by atoms with E-state index in [4.69, 9.17) is 4.74 Å². The van der Waals surface area contributed by atoms with E-state index in [1.165, 1.54) is 24.8 Å². The van der Waals surface area contributed by atoms with Crippen LogP contribution in [0.2, 0.25) is 0 Å². The molecule has 4 nitrogen and oxygen atoms in total. The van der Waals surface area contributed by atoms with Crippen molar-refractivity contribution >= 4 is 16.8 Å². The van der Waals surface area contributed by atoms with Gasteiger partial charge in [-0.05, 0) is 49.4 Å². The van der Waals surface area contributed by atoms with Gasteiger partial charge < -0.3 is 10.1 Å². The summed E-state index contributed by atoms with van der Waals surface area (Å²) in [6.45, 7) is 1.61. The summed E-state index contributed by atoms with van der Waals surface area (Å²) < 4.78 is 6.69. The number of carbonyl (C=O) groups excluding carboxylic acids is 1. The number of ether oxygens (including phenoxy) is 1. The van der Waals surface area contributed by atoms with Gasteiger partial charge in [0.2, 0.25) is 5.91 Å². The van der Waals surface area contributed by atoms with Crippen molar-refractivity contribution in [3.8, 4) is 0 Å². The van der Waals surface area contributed by atoms with Crippen LogP contribution in [-0.4, -0.2) is 22.5 Å². The molecule has 2 fully saturated rings. The molecule has 2 heterocycles. The lowest BCUT2D eigenvalue weighted by Gasteiger charge is -2.47. The minimum Gasteiger partial charge on any atom is -0.367 e. The summed E-state index contributed by atoms with van der Waals surface area (Å²) in [6.07, 6.45) is 9.59. The predicted octanol–water partition coefficient (Wildman–Crippen LogP) is 4.29. The number of benzene rings is 1. The highest BCUT2D eigenvalue weighted by atomic mass is 16.5. The maximum absolute atomic E-state index is 11.6. The van der Waals surface area contributed by atoms with Crippen LogP contribution in [0.1, 0.15) is 63.5 Å². The largest absolute Gasteiger partial charge is 0.367 e. The molecule has 2 aliphatic rings. The summed E-state index contributed by atoms with van der Waals surface area (Å²) in [5.74, 6) is 0.0549. The van der Waals surface area contributed by atoms with Crippen molar-refractivity contribution in [1.29, 1.82) is 0 Å². The Labute approximate surface area is 149 Å². The Morgan fingerprint density at radius 3 is 2.88 bits per heavy atom. The number of aromatic nitrogens is 1. The van der Waals surface area contributed by atoms with Crippen LogP contribution in [0.25, 0.3) is 10.9 Å². The number of carbonyl (C=O) groups is 1. The van der Waals surface area contributed by atoms with E-state index in [1.807, 2.05) is 12.3 Å². The van der Waals surface area contributed by atoms with Gasteiger partial charge in [0.25, 0.3) is 0 Å². The van der Waals surface area contributed by atoms with Gasteiger partial charge in [-0.2, -0.15) is 0 Å². The molecule has 1 aromatic heterocycles. The number of nitrogens with zero attached hydrogens (tertiary/aromatic N) is 1. The first-order chi connectivity index (χ1) is 12.1. The Balaban J connectivity index is 1.64. The number of hydrogen-bond acceptors (Lipinski definition) is 3. The quantitative estimate of drug-likeness (QED) is 0.888. The maximum atomic E-state index is 11.6. The molecule has 1 amide bonds. The molecule has 2 aromatic rings. The molecular formula is C21H26N2O2. The van der Waals surface area contributed by atoms with Crippen LogP contribution in [0.5, 0.6) is 0 Å². The molecule has 132 valence electrons. The lowest BCUT2D eigenvalue weighted by atomic mass is 9.76. The summed E-state index contributed by atoms with van der Waals surface area (Å²) in [5, 5.41) is 4.30. The first kappa shape index (κ1) is 16.5. The minimum atomic E-state index is -0.0713. The summed E-state index contributed by atoms with van der Waals surface area (Å²) in [4.78, 5) is 16.0. The van der Waals surface area contributed by atoms with Crippen molar-refractivity contribution in [3.63, 3.8) is 0 Å². The zero-order valence-corrected chi connectivity index (χ0v) is 14.8. The molecule has 1 spiro atoms. The maximum Gasteiger partial charge on any atom is 0.217 e. The van der Waals surface area contributed by atoms with Crippen LogP contribution in [0.4, 0.5) is 0 Å². The van der Waals surface area contributed by atoms with Gasteiger partial charge in [-0.3, -0.25) is 9.78 Å². The molecule has 1 aliphatic carbocycles. The van der Waals surface area contributed by atoms with Gasteiger partial charge in [0.1, 0.15) is 0 Å². The predicted molar refractivity (Wildman–Crippen MR) is 98.2 cm³/mol. The molecule has 1 N–H and O–H groups in total. The Hall–Kier alpha value is -1.94. The number of nitrogens with one attached hydrogen (secondary N) is 1. The topological polar surface area (TPSA) is 51.2 Å². The van der Waals surface area contributed by atoms with E-state index in [0.717, 1.165) is 36.6 Å². The van der Waals surface area contributed by atoms with Crippen LogP contribution in [0.15, 0.2) is 36.5 Å². The van der Waals surface area contributed by atoms with Crippen molar-refractivity contribution in [2.45, 2.75) is 69.6 Å². The van der Waals surface area contributed by atoms with E-state index in [9.17, 15) is 4.79 Å². The molecule has 25 heavy (non-hydrogen) atoms. The van der Waals surface area contributed by atoms with E-state index in [2.05, 4.69) is 34.6 Å². The highest BCUT2D eigenvalue weighted by Crippen LogP contribution is 2.45. The van der Waals surface area contributed by atoms with Gasteiger partial charge in [0.15, 0.2) is 0 Å². The fourth-order valence-corrected chi connectivity index (χ4v) is 4.60. The van der Waals surface area contributed by atoms with Crippen LogP contribution >= 0.6 is 0 Å². The molecular weight excluding hydrogens is 312 g/mol. The fourth-order valence-electron chi connectivity index (χ4n) is 4.60. The average Bonchev–Trinajstić information content (AvgIpc) is 2.61. The second-order valence-electron chi connectivity index (χ2n) is 7.64. The summed E-state index contributed by atoms with van der Waals surface area (Å²) in [7, 11) is 0. The highest BCUT2D eigenvalue weighted by molar-refractivity contribution is 5.79. The van der Waals surface area contributed by atoms with Crippen molar-refractivity contribution < 1.29 is 9.53 Å². The third kappa shape index (κ3) is 3.54. The van der Waals surface area contributed by atoms with E-state index in [0.29, 0.717) is 0 Å². The van der Waals surface area contributed by atoms with Crippen molar-refractivity contribution in [1.82, 2.24) is 10.3 Å². The Morgan fingerprint density at radius 1 is 1.24 bits per heavy atom. The van der Waals surface area contributed by atoms with Gasteiger partial charge in [0.05, 0.1) is 17.2 Å². The van der Waals surface area contributed by atoms with Gasteiger partial charge in [-0.25, -0.2) is 0 Å². The average molecular weight is 338 g/mol. The summed E-state index contributed by atoms with van der Waals surface area (Å²) in [6, 6.07) is 10.7. The van der Waals surface area contributed by atoms with Crippen LogP contribution in [-0.2, 0) is 9.53 Å². The van der Waals surface area contributed by atoms with Gasteiger partial charge in [-0.15, -0.1) is 0 Å². The summed E-state index contributed by atoms with van der Waals surface area (Å²) in [5.41, 5.74) is 2.13. The molecule has 1 aliphatic heterocycles. The summed E-state index contributed by atoms with van der Waals surface area (Å²) >= 11 is 0. The van der Waals surface area contributed by atoms with Gasteiger partial charge in [0, 0.05) is 24.5 Å². The lowest BCUT2D eigenvalue weighted by molar-refractivity contribution is -0.158. The van der Waals surface area contributed by atoms with Crippen molar-refractivity contribution in [3.05, 3.63) is 42.1 Å². The molecule has 0 bridgehead atoms. The highest BCUT2D eigenvalue weighted by Gasteiger charge is 2.42. The van der Waals surface area contributed by atoms with Gasteiger partial charge in [-0.1, -0.05) is 31.4 Å². The molecule has 1 saturated carbocycles. The lowest BCUT2D eigenvalue weighted by Crippen LogP contribution is -2.50. The van der Waals surface area contributed by atoms with Crippen molar-refractivity contribution in [2.75, 3.05) is 0 Å². The van der Waals surface area contributed by atoms with E-state index < -0.39 is 0 Å². The minimum absolute atomic E-state index is 0.0355. The van der Waals surface area contributed by atoms with E-state index in [-0.39, 0.29) is 23.7 Å².